The lowest BCUT2D eigenvalue weighted by Gasteiger charge is -2.13. The minimum absolute atomic E-state index is 0.472. The van der Waals surface area contributed by atoms with Crippen LogP contribution in [0.1, 0.15) is 50.1 Å². The minimum Gasteiger partial charge on any atom is -0.373 e. The number of aliphatic hydroxyl groups is 1. The first kappa shape index (κ1) is 10.6. The van der Waals surface area contributed by atoms with Crippen LogP contribution in [0.4, 0.5) is 0 Å². The van der Waals surface area contributed by atoms with Crippen molar-refractivity contribution < 1.29 is 5.11 Å². The Labute approximate surface area is 90.5 Å². The van der Waals surface area contributed by atoms with Crippen LogP contribution in [0.3, 0.4) is 0 Å². The molecule has 1 aliphatic rings. The SMILES string of the molecule is CC(C)c1ccnc(C(O)NC2CC2)c1. The highest BCUT2D eigenvalue weighted by atomic mass is 16.3. The summed E-state index contributed by atoms with van der Waals surface area (Å²) < 4.78 is 0. The summed E-state index contributed by atoms with van der Waals surface area (Å²) in [6, 6.07) is 4.47. The van der Waals surface area contributed by atoms with Crippen LogP contribution in [0.25, 0.3) is 0 Å². The van der Waals surface area contributed by atoms with Crippen molar-refractivity contribution in [1.82, 2.24) is 10.3 Å². The van der Waals surface area contributed by atoms with E-state index < -0.39 is 6.23 Å². The Hall–Kier alpha value is -0.930. The van der Waals surface area contributed by atoms with Gasteiger partial charge in [0.25, 0.3) is 0 Å². The van der Waals surface area contributed by atoms with Gasteiger partial charge in [-0.3, -0.25) is 10.3 Å². The Kier molecular flexibility index (Phi) is 3.03. The number of hydrogen-bond donors (Lipinski definition) is 2. The lowest BCUT2D eigenvalue weighted by molar-refractivity contribution is 0.132. The number of hydrogen-bond acceptors (Lipinski definition) is 3. The van der Waals surface area contributed by atoms with Crippen molar-refractivity contribution in [2.24, 2.45) is 0 Å². The lowest BCUT2D eigenvalue weighted by atomic mass is 10.0. The molecule has 1 fully saturated rings. The molecular formula is C12H18N2O. The molecule has 3 heteroatoms. The molecule has 1 aliphatic carbocycles. The first-order chi connectivity index (χ1) is 7.16. The monoisotopic (exact) mass is 206 g/mol. The largest absolute Gasteiger partial charge is 0.373 e. The van der Waals surface area contributed by atoms with E-state index in [2.05, 4.69) is 24.1 Å². The zero-order valence-corrected chi connectivity index (χ0v) is 9.27. The van der Waals surface area contributed by atoms with Gasteiger partial charge in [0.2, 0.25) is 0 Å². The maximum absolute atomic E-state index is 9.86. The van der Waals surface area contributed by atoms with Crippen LogP contribution in [-0.2, 0) is 0 Å². The normalized spacial score (nSPS) is 18.1. The summed E-state index contributed by atoms with van der Waals surface area (Å²) in [6.45, 7) is 4.28. The fourth-order valence-corrected chi connectivity index (χ4v) is 1.53. The Morgan fingerprint density at radius 3 is 2.80 bits per heavy atom. The molecule has 15 heavy (non-hydrogen) atoms. The molecule has 0 amide bonds. The van der Waals surface area contributed by atoms with E-state index in [1.165, 1.54) is 18.4 Å². The number of nitrogens with one attached hydrogen (secondary N) is 1. The molecule has 2 N–H and O–H groups in total. The van der Waals surface area contributed by atoms with Crippen molar-refractivity contribution in [3.63, 3.8) is 0 Å². The van der Waals surface area contributed by atoms with Gasteiger partial charge >= 0.3 is 0 Å². The molecule has 1 aromatic rings. The van der Waals surface area contributed by atoms with E-state index in [0.717, 1.165) is 5.69 Å². The summed E-state index contributed by atoms with van der Waals surface area (Å²) in [7, 11) is 0. The van der Waals surface area contributed by atoms with E-state index in [1.54, 1.807) is 6.20 Å². The van der Waals surface area contributed by atoms with E-state index in [0.29, 0.717) is 12.0 Å². The number of nitrogens with zero attached hydrogens (tertiary/aromatic N) is 1. The quantitative estimate of drug-likeness (QED) is 0.740. The highest BCUT2D eigenvalue weighted by Gasteiger charge is 2.24. The average Bonchev–Trinajstić information content (AvgIpc) is 3.02. The second-order valence-corrected chi connectivity index (χ2v) is 4.51. The van der Waals surface area contributed by atoms with Crippen LogP contribution in [0.15, 0.2) is 18.3 Å². The van der Waals surface area contributed by atoms with Gasteiger partial charge in [-0.25, -0.2) is 0 Å². The minimum atomic E-state index is -0.615. The van der Waals surface area contributed by atoms with Crippen molar-refractivity contribution in [2.75, 3.05) is 0 Å². The second-order valence-electron chi connectivity index (χ2n) is 4.51. The molecule has 0 aromatic carbocycles. The first-order valence-electron chi connectivity index (χ1n) is 5.57. The third kappa shape index (κ3) is 2.76. The number of pyridine rings is 1. The van der Waals surface area contributed by atoms with Crippen LogP contribution in [0.2, 0.25) is 0 Å². The Morgan fingerprint density at radius 1 is 1.47 bits per heavy atom. The van der Waals surface area contributed by atoms with Crippen LogP contribution in [0.5, 0.6) is 0 Å². The second kappa shape index (κ2) is 4.29. The fourth-order valence-electron chi connectivity index (χ4n) is 1.53. The number of rotatable bonds is 4. The number of aromatic nitrogens is 1. The van der Waals surface area contributed by atoms with Crippen molar-refractivity contribution in [3.05, 3.63) is 29.6 Å². The highest BCUT2D eigenvalue weighted by molar-refractivity contribution is 5.20. The summed E-state index contributed by atoms with van der Waals surface area (Å²) in [6.07, 6.45) is 3.49. The maximum atomic E-state index is 9.86. The molecule has 0 radical (unpaired) electrons. The van der Waals surface area contributed by atoms with Crippen molar-refractivity contribution in [2.45, 2.75) is 44.9 Å². The summed E-state index contributed by atoms with van der Waals surface area (Å²) in [5.74, 6) is 0.472. The zero-order chi connectivity index (χ0) is 10.8. The van der Waals surface area contributed by atoms with Gasteiger partial charge in [-0.15, -0.1) is 0 Å². The smallest absolute Gasteiger partial charge is 0.148 e. The molecule has 0 saturated heterocycles. The van der Waals surface area contributed by atoms with Gasteiger partial charge in [-0.2, -0.15) is 0 Å². The standard InChI is InChI=1S/C12H18N2O/c1-8(2)9-5-6-13-11(7-9)12(15)14-10-3-4-10/h5-8,10,12,14-15H,3-4H2,1-2H3. The van der Waals surface area contributed by atoms with Crippen LogP contribution >= 0.6 is 0 Å². The van der Waals surface area contributed by atoms with Gasteiger partial charge in [0.05, 0.1) is 5.69 Å². The fraction of sp³-hybridized carbons (Fsp3) is 0.583. The Bertz CT molecular complexity index is 334. The summed E-state index contributed by atoms with van der Waals surface area (Å²) in [5, 5.41) is 13.0. The van der Waals surface area contributed by atoms with E-state index in [1.807, 2.05) is 12.1 Å². The predicted molar refractivity (Wildman–Crippen MR) is 59.4 cm³/mol. The van der Waals surface area contributed by atoms with E-state index >= 15 is 0 Å². The molecule has 3 nitrogen and oxygen atoms in total. The van der Waals surface area contributed by atoms with Crippen molar-refractivity contribution >= 4 is 0 Å². The molecule has 1 heterocycles. The van der Waals surface area contributed by atoms with Crippen molar-refractivity contribution in [1.29, 1.82) is 0 Å². The van der Waals surface area contributed by atoms with Gasteiger partial charge in [0.15, 0.2) is 0 Å². The van der Waals surface area contributed by atoms with E-state index in [4.69, 9.17) is 0 Å². The summed E-state index contributed by atoms with van der Waals surface area (Å²) in [4.78, 5) is 4.19. The maximum Gasteiger partial charge on any atom is 0.148 e. The lowest BCUT2D eigenvalue weighted by Crippen LogP contribution is -2.23. The molecule has 1 unspecified atom stereocenters. The van der Waals surface area contributed by atoms with Crippen LogP contribution < -0.4 is 5.32 Å². The van der Waals surface area contributed by atoms with Gasteiger partial charge < -0.3 is 5.11 Å². The molecule has 82 valence electrons. The Balaban J connectivity index is 2.08. The van der Waals surface area contributed by atoms with E-state index in [-0.39, 0.29) is 0 Å². The molecule has 1 aromatic heterocycles. The third-order valence-corrected chi connectivity index (χ3v) is 2.72. The zero-order valence-electron chi connectivity index (χ0n) is 9.27. The summed E-state index contributed by atoms with van der Waals surface area (Å²) >= 11 is 0. The van der Waals surface area contributed by atoms with Gasteiger partial charge in [-0.1, -0.05) is 13.8 Å². The van der Waals surface area contributed by atoms with E-state index in [9.17, 15) is 5.11 Å². The molecule has 1 atom stereocenters. The average molecular weight is 206 g/mol. The molecule has 0 spiro atoms. The molecular weight excluding hydrogens is 188 g/mol. The number of aliphatic hydroxyl groups excluding tert-OH is 1. The van der Waals surface area contributed by atoms with Gasteiger partial charge in [0, 0.05) is 12.2 Å². The topological polar surface area (TPSA) is 45.2 Å². The highest BCUT2D eigenvalue weighted by Crippen LogP contribution is 2.23. The predicted octanol–water partition coefficient (Wildman–Crippen LogP) is 1.95. The Morgan fingerprint density at radius 2 is 2.20 bits per heavy atom. The van der Waals surface area contributed by atoms with Gasteiger partial charge in [0.1, 0.15) is 6.23 Å². The molecule has 1 saturated carbocycles. The third-order valence-electron chi connectivity index (χ3n) is 2.72. The van der Waals surface area contributed by atoms with Crippen LogP contribution in [-0.4, -0.2) is 16.1 Å². The van der Waals surface area contributed by atoms with Gasteiger partial charge in [-0.05, 0) is 36.5 Å². The van der Waals surface area contributed by atoms with Crippen molar-refractivity contribution in [3.8, 4) is 0 Å². The summed E-state index contributed by atoms with van der Waals surface area (Å²) in [5.41, 5.74) is 1.95. The first-order valence-corrected chi connectivity index (χ1v) is 5.57. The molecule has 0 bridgehead atoms. The molecule has 2 rings (SSSR count). The molecule has 0 aliphatic heterocycles. The van der Waals surface area contributed by atoms with Crippen LogP contribution in [0, 0.1) is 0 Å².